The first-order valence-electron chi connectivity index (χ1n) is 10.5. The van der Waals surface area contributed by atoms with Gasteiger partial charge >= 0.3 is 5.97 Å². The van der Waals surface area contributed by atoms with E-state index in [4.69, 9.17) is 14.2 Å². The Bertz CT molecular complexity index is 1430. The van der Waals surface area contributed by atoms with Crippen molar-refractivity contribution in [1.82, 2.24) is 0 Å². The van der Waals surface area contributed by atoms with Crippen LogP contribution in [-0.2, 0) is 4.74 Å². The van der Waals surface area contributed by atoms with Gasteiger partial charge in [-0.05, 0) is 24.6 Å². The Labute approximate surface area is 218 Å². The molecule has 38 heavy (non-hydrogen) atoms. The standard InChI is InChI=1S/C23H20N4O10S/c1-11-18(23(30)37-4)22(25-20(28)12-7-13(26(31)32)9-14(8-12)27(33)34)38-19(11)21(29)24-16-10-15(35-2)5-6-17(16)36-3/h5-10H,1-4H3,(H,24,29)(H,25,28). The summed E-state index contributed by atoms with van der Waals surface area (Å²) in [5.41, 5.74) is -1.42. The van der Waals surface area contributed by atoms with Gasteiger partial charge in [-0.2, -0.15) is 0 Å². The number of nitro benzene ring substituents is 2. The van der Waals surface area contributed by atoms with Crippen molar-refractivity contribution in [3.63, 3.8) is 0 Å². The molecule has 2 aromatic carbocycles. The number of carbonyl (C=O) groups is 3. The van der Waals surface area contributed by atoms with Gasteiger partial charge in [-0.15, -0.1) is 11.3 Å². The van der Waals surface area contributed by atoms with E-state index in [2.05, 4.69) is 10.6 Å². The molecule has 0 bridgehead atoms. The van der Waals surface area contributed by atoms with Gasteiger partial charge in [0, 0.05) is 18.2 Å². The molecule has 0 saturated carbocycles. The lowest BCUT2D eigenvalue weighted by atomic mass is 10.1. The highest BCUT2D eigenvalue weighted by Crippen LogP contribution is 2.36. The van der Waals surface area contributed by atoms with Crippen LogP contribution < -0.4 is 20.1 Å². The van der Waals surface area contributed by atoms with Crippen LogP contribution in [0.1, 0.15) is 36.0 Å². The first-order chi connectivity index (χ1) is 18.0. The number of methoxy groups -OCH3 is 3. The molecular weight excluding hydrogens is 524 g/mol. The second kappa shape index (κ2) is 11.3. The number of nitro groups is 2. The van der Waals surface area contributed by atoms with Crippen molar-refractivity contribution in [3.05, 3.63) is 78.2 Å². The zero-order valence-corrected chi connectivity index (χ0v) is 21.2. The van der Waals surface area contributed by atoms with E-state index < -0.39 is 44.6 Å². The number of nitrogens with zero attached hydrogens (tertiary/aromatic N) is 2. The molecule has 15 heteroatoms. The number of hydrogen-bond donors (Lipinski definition) is 2. The number of hydrogen-bond acceptors (Lipinski definition) is 11. The van der Waals surface area contributed by atoms with Crippen LogP contribution in [0.25, 0.3) is 0 Å². The van der Waals surface area contributed by atoms with Gasteiger partial charge in [0.15, 0.2) is 0 Å². The molecule has 0 aliphatic rings. The van der Waals surface area contributed by atoms with E-state index in [0.29, 0.717) is 17.6 Å². The van der Waals surface area contributed by atoms with Crippen molar-refractivity contribution in [2.75, 3.05) is 32.0 Å². The summed E-state index contributed by atoms with van der Waals surface area (Å²) in [5.74, 6) is -1.71. The van der Waals surface area contributed by atoms with Crippen molar-refractivity contribution in [1.29, 1.82) is 0 Å². The van der Waals surface area contributed by atoms with Crippen LogP contribution in [0.5, 0.6) is 11.5 Å². The number of thiophene rings is 1. The molecule has 3 rings (SSSR count). The van der Waals surface area contributed by atoms with Crippen molar-refractivity contribution >= 4 is 51.2 Å². The predicted octanol–water partition coefficient (Wildman–Crippen LogP) is 4.18. The highest BCUT2D eigenvalue weighted by atomic mass is 32.1. The molecule has 1 aromatic heterocycles. The first kappa shape index (κ1) is 27.5. The molecule has 198 valence electrons. The molecule has 0 spiro atoms. The third-order valence-corrected chi connectivity index (χ3v) is 6.42. The summed E-state index contributed by atoms with van der Waals surface area (Å²) < 4.78 is 15.2. The quantitative estimate of drug-likeness (QED) is 0.224. The Morgan fingerprint density at radius 3 is 2.03 bits per heavy atom. The Balaban J connectivity index is 2.01. The van der Waals surface area contributed by atoms with Crippen LogP contribution in [-0.4, -0.2) is 49.0 Å². The molecule has 0 radical (unpaired) electrons. The van der Waals surface area contributed by atoms with Gasteiger partial charge in [-0.25, -0.2) is 4.79 Å². The molecule has 0 unspecified atom stereocenters. The van der Waals surface area contributed by atoms with Gasteiger partial charge in [-0.3, -0.25) is 29.8 Å². The Morgan fingerprint density at radius 2 is 1.50 bits per heavy atom. The summed E-state index contributed by atoms with van der Waals surface area (Å²) in [6.07, 6.45) is 0. The molecule has 0 fully saturated rings. The van der Waals surface area contributed by atoms with E-state index in [1.165, 1.54) is 27.2 Å². The number of nitrogens with one attached hydrogen (secondary N) is 2. The summed E-state index contributed by atoms with van der Waals surface area (Å²) in [7, 11) is 3.97. The minimum absolute atomic E-state index is 0.0376. The molecule has 2 N–H and O–H groups in total. The number of anilines is 2. The highest BCUT2D eigenvalue weighted by molar-refractivity contribution is 7.19. The smallest absolute Gasteiger partial charge is 0.341 e. The van der Waals surface area contributed by atoms with Crippen molar-refractivity contribution < 1.29 is 38.4 Å². The second-order valence-corrected chi connectivity index (χ2v) is 8.50. The van der Waals surface area contributed by atoms with Gasteiger partial charge in [0.2, 0.25) is 0 Å². The maximum atomic E-state index is 13.2. The van der Waals surface area contributed by atoms with Crippen LogP contribution in [0.15, 0.2) is 36.4 Å². The molecule has 14 nitrogen and oxygen atoms in total. The van der Waals surface area contributed by atoms with E-state index in [9.17, 15) is 34.6 Å². The lowest BCUT2D eigenvalue weighted by molar-refractivity contribution is -0.394. The minimum Gasteiger partial charge on any atom is -0.497 e. The Hall–Kier alpha value is -5.05. The second-order valence-electron chi connectivity index (χ2n) is 7.48. The molecule has 2 amide bonds. The van der Waals surface area contributed by atoms with E-state index in [1.54, 1.807) is 12.1 Å². The number of rotatable bonds is 9. The minimum atomic E-state index is -0.982. The average Bonchev–Trinajstić information content (AvgIpc) is 3.23. The number of esters is 1. The SMILES string of the molecule is COC(=O)c1c(NC(=O)c2cc([N+](=O)[O-])cc([N+](=O)[O-])c2)sc(C(=O)Nc2cc(OC)ccc2OC)c1C. The summed E-state index contributed by atoms with van der Waals surface area (Å²) in [6, 6.07) is 7.15. The fourth-order valence-corrected chi connectivity index (χ4v) is 4.45. The van der Waals surface area contributed by atoms with Crippen LogP contribution in [0.4, 0.5) is 22.1 Å². The van der Waals surface area contributed by atoms with E-state index >= 15 is 0 Å². The molecule has 0 aliphatic heterocycles. The van der Waals surface area contributed by atoms with Gasteiger partial charge in [0.1, 0.15) is 16.5 Å². The van der Waals surface area contributed by atoms with Crippen molar-refractivity contribution in [2.24, 2.45) is 0 Å². The lowest BCUT2D eigenvalue weighted by Gasteiger charge is -2.11. The number of amides is 2. The monoisotopic (exact) mass is 544 g/mol. The van der Waals surface area contributed by atoms with E-state index in [1.807, 2.05) is 0 Å². The fraction of sp³-hybridized carbons (Fsp3) is 0.174. The summed E-state index contributed by atoms with van der Waals surface area (Å²) >= 11 is 0.740. The number of benzene rings is 2. The zero-order chi connectivity index (χ0) is 28.1. The maximum Gasteiger partial charge on any atom is 0.341 e. The highest BCUT2D eigenvalue weighted by Gasteiger charge is 2.28. The molecule has 1 heterocycles. The zero-order valence-electron chi connectivity index (χ0n) is 20.3. The van der Waals surface area contributed by atoms with Gasteiger partial charge in [0.25, 0.3) is 23.2 Å². The van der Waals surface area contributed by atoms with Crippen molar-refractivity contribution in [2.45, 2.75) is 6.92 Å². The normalized spacial score (nSPS) is 10.3. The fourth-order valence-electron chi connectivity index (χ4n) is 3.37. The number of non-ortho nitro benzene ring substituents is 2. The molecule has 0 atom stereocenters. The maximum absolute atomic E-state index is 13.2. The molecule has 0 saturated heterocycles. The summed E-state index contributed by atoms with van der Waals surface area (Å²) in [5, 5.41) is 27.3. The van der Waals surface area contributed by atoms with Gasteiger partial charge in [-0.1, -0.05) is 0 Å². The molecular formula is C23H20N4O10S. The lowest BCUT2D eigenvalue weighted by Crippen LogP contribution is -2.15. The number of ether oxygens (including phenoxy) is 3. The van der Waals surface area contributed by atoms with Crippen LogP contribution in [0.3, 0.4) is 0 Å². The van der Waals surface area contributed by atoms with Gasteiger partial charge in [0.05, 0.1) is 58.9 Å². The number of carbonyl (C=O) groups excluding carboxylic acids is 3. The Kier molecular flexibility index (Phi) is 8.22. The molecule has 0 aliphatic carbocycles. The third kappa shape index (κ3) is 5.67. The van der Waals surface area contributed by atoms with E-state index in [0.717, 1.165) is 30.6 Å². The average molecular weight is 544 g/mol. The Morgan fingerprint density at radius 1 is 0.868 bits per heavy atom. The summed E-state index contributed by atoms with van der Waals surface area (Å²) in [6.45, 7) is 1.47. The largest absolute Gasteiger partial charge is 0.497 e. The van der Waals surface area contributed by atoms with Crippen LogP contribution >= 0.6 is 11.3 Å². The van der Waals surface area contributed by atoms with Crippen LogP contribution in [0.2, 0.25) is 0 Å². The summed E-state index contributed by atoms with van der Waals surface area (Å²) in [4.78, 5) is 59.3. The molecule has 3 aromatic rings. The van der Waals surface area contributed by atoms with Gasteiger partial charge < -0.3 is 24.8 Å². The van der Waals surface area contributed by atoms with E-state index in [-0.39, 0.29) is 26.7 Å². The predicted molar refractivity (Wildman–Crippen MR) is 136 cm³/mol. The van der Waals surface area contributed by atoms with Crippen molar-refractivity contribution in [3.8, 4) is 11.5 Å². The topological polar surface area (TPSA) is 189 Å². The first-order valence-corrected chi connectivity index (χ1v) is 11.3. The third-order valence-electron chi connectivity index (χ3n) is 5.21. The van der Waals surface area contributed by atoms with Crippen LogP contribution in [0, 0.1) is 27.2 Å².